The van der Waals surface area contributed by atoms with Crippen LogP contribution in [0.5, 0.6) is 0 Å². The van der Waals surface area contributed by atoms with Crippen molar-refractivity contribution in [3.8, 4) is 0 Å². The van der Waals surface area contributed by atoms with Gasteiger partial charge in [0.2, 0.25) is 0 Å². The first-order chi connectivity index (χ1) is 7.38. The van der Waals surface area contributed by atoms with Crippen molar-refractivity contribution in [3.63, 3.8) is 0 Å². The molecule has 82 valence electrons. The van der Waals surface area contributed by atoms with Crippen LogP contribution in [0.3, 0.4) is 0 Å². The summed E-state index contributed by atoms with van der Waals surface area (Å²) in [5, 5.41) is 0. The second-order valence-electron chi connectivity index (χ2n) is 4.28. The van der Waals surface area contributed by atoms with Crippen LogP contribution >= 0.6 is 0 Å². The molecular weight excluding hydrogens is 186 g/mol. The molecule has 15 heavy (non-hydrogen) atoms. The van der Waals surface area contributed by atoms with Gasteiger partial charge < -0.3 is 5.73 Å². The molecular formula is C12H19N3. The maximum absolute atomic E-state index is 5.67. The summed E-state index contributed by atoms with van der Waals surface area (Å²) in [6.07, 6.45) is 4.34. The number of nitrogens with two attached hydrogens (primary N) is 1. The van der Waals surface area contributed by atoms with E-state index >= 15 is 0 Å². The molecule has 0 spiro atoms. The highest BCUT2D eigenvalue weighted by atomic mass is 15.1. The average Bonchev–Trinajstić information content (AvgIpc) is 2.31. The molecule has 0 aromatic carbocycles. The number of piperidine rings is 1. The Kier molecular flexibility index (Phi) is 3.69. The topological polar surface area (TPSA) is 42.1 Å². The first kappa shape index (κ1) is 10.6. The number of rotatable bonds is 3. The summed E-state index contributed by atoms with van der Waals surface area (Å²) >= 11 is 0. The smallest absolute Gasteiger partial charge is 0.0543 e. The van der Waals surface area contributed by atoms with Crippen molar-refractivity contribution in [3.05, 3.63) is 30.1 Å². The predicted molar refractivity (Wildman–Crippen MR) is 61.3 cm³/mol. The van der Waals surface area contributed by atoms with Gasteiger partial charge in [-0.2, -0.15) is 0 Å². The van der Waals surface area contributed by atoms with E-state index in [4.69, 9.17) is 5.73 Å². The van der Waals surface area contributed by atoms with Gasteiger partial charge in [-0.1, -0.05) is 6.07 Å². The van der Waals surface area contributed by atoms with Gasteiger partial charge in [-0.05, 0) is 50.5 Å². The summed E-state index contributed by atoms with van der Waals surface area (Å²) < 4.78 is 0. The van der Waals surface area contributed by atoms with Gasteiger partial charge in [0, 0.05) is 12.7 Å². The molecule has 0 bridgehead atoms. The summed E-state index contributed by atoms with van der Waals surface area (Å²) in [6, 6.07) is 6.11. The first-order valence-corrected chi connectivity index (χ1v) is 5.71. The third-order valence-corrected chi connectivity index (χ3v) is 3.15. The number of pyridine rings is 1. The lowest BCUT2D eigenvalue weighted by atomic mass is 9.97. The van der Waals surface area contributed by atoms with Gasteiger partial charge in [0.05, 0.1) is 5.69 Å². The minimum atomic E-state index is 0.741. The van der Waals surface area contributed by atoms with Crippen LogP contribution in [-0.4, -0.2) is 29.5 Å². The van der Waals surface area contributed by atoms with Gasteiger partial charge in [-0.25, -0.2) is 0 Å². The molecule has 2 N–H and O–H groups in total. The van der Waals surface area contributed by atoms with E-state index in [1.807, 2.05) is 12.3 Å². The van der Waals surface area contributed by atoms with Crippen molar-refractivity contribution in [2.45, 2.75) is 19.4 Å². The quantitative estimate of drug-likeness (QED) is 0.807. The van der Waals surface area contributed by atoms with Crippen LogP contribution in [0.4, 0.5) is 0 Å². The van der Waals surface area contributed by atoms with Gasteiger partial charge in [0.25, 0.3) is 0 Å². The number of aromatic nitrogens is 1. The van der Waals surface area contributed by atoms with Crippen molar-refractivity contribution in [1.82, 2.24) is 9.88 Å². The van der Waals surface area contributed by atoms with Crippen molar-refractivity contribution >= 4 is 0 Å². The SMILES string of the molecule is NCC1CCN(Cc2ccccn2)CC1. The van der Waals surface area contributed by atoms with Crippen LogP contribution in [0, 0.1) is 5.92 Å². The molecule has 1 aromatic heterocycles. The molecule has 1 fully saturated rings. The van der Waals surface area contributed by atoms with E-state index in [1.54, 1.807) is 0 Å². The summed E-state index contributed by atoms with van der Waals surface area (Å²) in [5.41, 5.74) is 6.84. The van der Waals surface area contributed by atoms with E-state index in [0.717, 1.165) is 19.0 Å². The maximum Gasteiger partial charge on any atom is 0.0543 e. The lowest BCUT2D eigenvalue weighted by Crippen LogP contribution is -2.35. The third-order valence-electron chi connectivity index (χ3n) is 3.15. The Bertz CT molecular complexity index is 278. The van der Waals surface area contributed by atoms with Crippen molar-refractivity contribution < 1.29 is 0 Å². The van der Waals surface area contributed by atoms with Crippen LogP contribution in [0.15, 0.2) is 24.4 Å². The molecule has 0 saturated carbocycles. The van der Waals surface area contributed by atoms with Gasteiger partial charge in [-0.15, -0.1) is 0 Å². The normalized spacial score (nSPS) is 19.3. The number of hydrogen-bond acceptors (Lipinski definition) is 3. The van der Waals surface area contributed by atoms with Crippen molar-refractivity contribution in [2.24, 2.45) is 11.7 Å². The molecule has 0 radical (unpaired) electrons. The number of nitrogens with zero attached hydrogens (tertiary/aromatic N) is 2. The van der Waals surface area contributed by atoms with Gasteiger partial charge >= 0.3 is 0 Å². The number of hydrogen-bond donors (Lipinski definition) is 1. The second-order valence-corrected chi connectivity index (χ2v) is 4.28. The molecule has 2 rings (SSSR count). The average molecular weight is 205 g/mol. The molecule has 0 amide bonds. The van der Waals surface area contributed by atoms with Gasteiger partial charge in [-0.3, -0.25) is 9.88 Å². The van der Waals surface area contributed by atoms with Crippen LogP contribution in [-0.2, 0) is 6.54 Å². The lowest BCUT2D eigenvalue weighted by molar-refractivity contribution is 0.179. The van der Waals surface area contributed by atoms with Gasteiger partial charge in [0.15, 0.2) is 0 Å². The van der Waals surface area contributed by atoms with Crippen molar-refractivity contribution in [2.75, 3.05) is 19.6 Å². The van der Waals surface area contributed by atoms with E-state index in [9.17, 15) is 0 Å². The Labute approximate surface area is 91.3 Å². The zero-order valence-corrected chi connectivity index (χ0v) is 9.10. The predicted octanol–water partition coefficient (Wildman–Crippen LogP) is 1.25. The largest absolute Gasteiger partial charge is 0.330 e. The monoisotopic (exact) mass is 205 g/mol. The molecule has 0 aliphatic carbocycles. The highest BCUT2D eigenvalue weighted by molar-refractivity contribution is 5.03. The summed E-state index contributed by atoms with van der Waals surface area (Å²) in [6.45, 7) is 4.16. The Morgan fingerprint density at radius 3 is 2.73 bits per heavy atom. The van der Waals surface area contributed by atoms with Crippen molar-refractivity contribution in [1.29, 1.82) is 0 Å². The second kappa shape index (κ2) is 5.24. The Balaban J connectivity index is 1.82. The van der Waals surface area contributed by atoms with E-state index in [0.29, 0.717) is 0 Å². The fourth-order valence-electron chi connectivity index (χ4n) is 2.10. The fraction of sp³-hybridized carbons (Fsp3) is 0.583. The molecule has 1 aliphatic heterocycles. The standard InChI is InChI=1S/C12H19N3/c13-9-11-4-7-15(8-5-11)10-12-3-1-2-6-14-12/h1-3,6,11H,4-5,7-10,13H2. The van der Waals surface area contributed by atoms with Crippen LogP contribution < -0.4 is 5.73 Å². The highest BCUT2D eigenvalue weighted by Gasteiger charge is 2.17. The fourth-order valence-corrected chi connectivity index (χ4v) is 2.10. The van der Waals surface area contributed by atoms with Gasteiger partial charge in [0.1, 0.15) is 0 Å². The highest BCUT2D eigenvalue weighted by Crippen LogP contribution is 2.17. The van der Waals surface area contributed by atoms with E-state index in [1.165, 1.54) is 31.6 Å². The van der Waals surface area contributed by atoms with Crippen LogP contribution in [0.1, 0.15) is 18.5 Å². The first-order valence-electron chi connectivity index (χ1n) is 5.71. The Morgan fingerprint density at radius 2 is 2.13 bits per heavy atom. The molecule has 0 unspecified atom stereocenters. The summed E-state index contributed by atoms with van der Waals surface area (Å²) in [4.78, 5) is 6.81. The summed E-state index contributed by atoms with van der Waals surface area (Å²) in [5.74, 6) is 0.741. The Morgan fingerprint density at radius 1 is 1.33 bits per heavy atom. The molecule has 1 aromatic rings. The molecule has 2 heterocycles. The minimum Gasteiger partial charge on any atom is -0.330 e. The molecule has 0 atom stereocenters. The molecule has 3 heteroatoms. The van der Waals surface area contributed by atoms with Crippen LogP contribution in [0.25, 0.3) is 0 Å². The van der Waals surface area contributed by atoms with E-state index in [2.05, 4.69) is 22.0 Å². The van der Waals surface area contributed by atoms with E-state index < -0.39 is 0 Å². The summed E-state index contributed by atoms with van der Waals surface area (Å²) in [7, 11) is 0. The minimum absolute atomic E-state index is 0.741. The third kappa shape index (κ3) is 3.01. The Hall–Kier alpha value is -0.930. The lowest BCUT2D eigenvalue weighted by Gasteiger charge is -2.30. The zero-order valence-electron chi connectivity index (χ0n) is 9.10. The number of likely N-dealkylation sites (tertiary alicyclic amines) is 1. The molecule has 1 aliphatic rings. The van der Waals surface area contributed by atoms with Crippen LogP contribution in [0.2, 0.25) is 0 Å². The maximum atomic E-state index is 5.67. The molecule has 3 nitrogen and oxygen atoms in total. The molecule has 1 saturated heterocycles. The zero-order chi connectivity index (χ0) is 10.5. The van der Waals surface area contributed by atoms with E-state index in [-0.39, 0.29) is 0 Å².